The molecule has 0 saturated carbocycles. The summed E-state index contributed by atoms with van der Waals surface area (Å²) in [6, 6.07) is 0. The summed E-state index contributed by atoms with van der Waals surface area (Å²) in [4.78, 5) is 21.7. The van der Waals surface area contributed by atoms with Crippen molar-refractivity contribution in [3.63, 3.8) is 0 Å². The third-order valence-corrected chi connectivity index (χ3v) is 3.86. The topological polar surface area (TPSA) is 101 Å². The van der Waals surface area contributed by atoms with Gasteiger partial charge in [0, 0.05) is 6.54 Å². The van der Waals surface area contributed by atoms with Crippen molar-refractivity contribution >= 4 is 21.7 Å². The van der Waals surface area contributed by atoms with E-state index >= 15 is 0 Å². The van der Waals surface area contributed by atoms with Crippen LogP contribution in [-0.2, 0) is 19.4 Å². The number of carboxylic acids is 1. The molecular weight excluding hydrogens is 234 g/mol. The van der Waals surface area contributed by atoms with Gasteiger partial charge in [-0.2, -0.15) is 0 Å². The van der Waals surface area contributed by atoms with E-state index < -0.39 is 32.7 Å². The molecule has 0 bridgehead atoms. The average Bonchev–Trinajstić information content (AvgIpc) is 2.10. The average molecular weight is 251 g/mol. The molecule has 1 unspecified atom stereocenters. The third kappa shape index (κ3) is 5.11. The molecule has 0 spiro atoms. The molecule has 94 valence electrons. The number of rotatable bonds is 6. The smallest absolute Gasteiger partial charge is 0.318 e. The molecule has 1 atom stereocenters. The number of hydrogen-bond donors (Lipinski definition) is 2. The Labute approximate surface area is 95.0 Å². The minimum Gasteiger partial charge on any atom is -0.480 e. The van der Waals surface area contributed by atoms with Crippen LogP contribution in [-0.4, -0.2) is 42.9 Å². The van der Waals surface area contributed by atoms with Gasteiger partial charge in [0.25, 0.3) is 0 Å². The van der Waals surface area contributed by atoms with Gasteiger partial charge in [0.2, 0.25) is 5.91 Å². The number of hydrogen-bond acceptors (Lipinski definition) is 4. The molecule has 0 aliphatic carbocycles. The molecule has 2 N–H and O–H groups in total. The zero-order valence-electron chi connectivity index (χ0n) is 9.56. The number of nitrogens with one attached hydrogen (secondary N) is 1. The maximum atomic E-state index is 11.4. The standard InChI is InChI=1S/C9H17NO5S/c1-6(2)4-10-9(13)7(3)16(14,15)5-8(11)12/h6-7H,4-5H2,1-3H3,(H,10,13)(H,11,12). The third-order valence-electron chi connectivity index (χ3n) is 1.92. The van der Waals surface area contributed by atoms with E-state index in [4.69, 9.17) is 5.11 Å². The fourth-order valence-corrected chi connectivity index (χ4v) is 1.91. The van der Waals surface area contributed by atoms with Crippen molar-refractivity contribution in [1.29, 1.82) is 0 Å². The molecule has 0 rings (SSSR count). The maximum Gasteiger partial charge on any atom is 0.318 e. The Hall–Kier alpha value is -1.11. The van der Waals surface area contributed by atoms with Gasteiger partial charge in [-0.15, -0.1) is 0 Å². The molecule has 0 saturated heterocycles. The van der Waals surface area contributed by atoms with Crippen LogP contribution in [0.25, 0.3) is 0 Å². The molecular formula is C9H17NO5S. The van der Waals surface area contributed by atoms with Gasteiger partial charge < -0.3 is 10.4 Å². The second-order valence-electron chi connectivity index (χ2n) is 3.98. The molecule has 0 heterocycles. The van der Waals surface area contributed by atoms with Crippen molar-refractivity contribution in [3.8, 4) is 0 Å². The van der Waals surface area contributed by atoms with Crippen LogP contribution in [0.2, 0.25) is 0 Å². The summed E-state index contributed by atoms with van der Waals surface area (Å²) >= 11 is 0. The molecule has 0 aliphatic rings. The van der Waals surface area contributed by atoms with Crippen LogP contribution in [0.3, 0.4) is 0 Å². The highest BCUT2D eigenvalue weighted by Gasteiger charge is 2.29. The zero-order valence-corrected chi connectivity index (χ0v) is 10.4. The summed E-state index contributed by atoms with van der Waals surface area (Å²) in [5.41, 5.74) is 0. The van der Waals surface area contributed by atoms with Crippen molar-refractivity contribution < 1.29 is 23.1 Å². The fraction of sp³-hybridized carbons (Fsp3) is 0.778. The molecule has 0 radical (unpaired) electrons. The van der Waals surface area contributed by atoms with Crippen LogP contribution in [0.4, 0.5) is 0 Å². The monoisotopic (exact) mass is 251 g/mol. The van der Waals surface area contributed by atoms with Gasteiger partial charge in [-0.3, -0.25) is 9.59 Å². The highest BCUT2D eigenvalue weighted by molar-refractivity contribution is 7.93. The van der Waals surface area contributed by atoms with Crippen LogP contribution in [0.15, 0.2) is 0 Å². The first-order valence-corrected chi connectivity index (χ1v) is 6.59. The summed E-state index contributed by atoms with van der Waals surface area (Å²) in [5.74, 6) is -2.93. The van der Waals surface area contributed by atoms with Gasteiger partial charge >= 0.3 is 5.97 Å². The highest BCUT2D eigenvalue weighted by atomic mass is 32.2. The van der Waals surface area contributed by atoms with Crippen molar-refractivity contribution in [2.75, 3.05) is 12.3 Å². The number of carbonyl (C=O) groups excluding carboxylic acids is 1. The Morgan fingerprint density at radius 2 is 1.75 bits per heavy atom. The van der Waals surface area contributed by atoms with Gasteiger partial charge in [0.1, 0.15) is 11.0 Å². The van der Waals surface area contributed by atoms with Crippen LogP contribution in [0, 0.1) is 5.92 Å². The van der Waals surface area contributed by atoms with E-state index in [0.717, 1.165) is 0 Å². The quantitative estimate of drug-likeness (QED) is 0.671. The van der Waals surface area contributed by atoms with E-state index in [1.54, 1.807) is 0 Å². The number of amides is 1. The van der Waals surface area contributed by atoms with Crippen molar-refractivity contribution in [2.45, 2.75) is 26.0 Å². The number of aliphatic carboxylic acids is 1. The van der Waals surface area contributed by atoms with Crippen LogP contribution >= 0.6 is 0 Å². The molecule has 0 aromatic heterocycles. The first kappa shape index (κ1) is 14.9. The molecule has 6 nitrogen and oxygen atoms in total. The minimum atomic E-state index is -3.92. The number of carbonyl (C=O) groups is 2. The predicted molar refractivity (Wildman–Crippen MR) is 58.7 cm³/mol. The predicted octanol–water partition coefficient (Wildman–Crippen LogP) is -0.353. The van der Waals surface area contributed by atoms with Gasteiger partial charge in [0.05, 0.1) is 0 Å². The zero-order chi connectivity index (χ0) is 12.9. The van der Waals surface area contributed by atoms with E-state index in [0.29, 0.717) is 6.54 Å². The van der Waals surface area contributed by atoms with Gasteiger partial charge in [-0.05, 0) is 12.8 Å². The van der Waals surface area contributed by atoms with Crippen LogP contribution in [0.5, 0.6) is 0 Å². The molecule has 0 fully saturated rings. The summed E-state index contributed by atoms with van der Waals surface area (Å²) < 4.78 is 22.8. The Bertz CT molecular complexity index is 360. The number of carboxylic acid groups (broad SMARTS) is 1. The van der Waals surface area contributed by atoms with E-state index in [2.05, 4.69) is 5.32 Å². The van der Waals surface area contributed by atoms with E-state index in [1.807, 2.05) is 13.8 Å². The van der Waals surface area contributed by atoms with Crippen molar-refractivity contribution in [3.05, 3.63) is 0 Å². The van der Waals surface area contributed by atoms with Crippen LogP contribution in [0.1, 0.15) is 20.8 Å². The number of sulfone groups is 1. The first-order chi connectivity index (χ1) is 7.16. The molecule has 16 heavy (non-hydrogen) atoms. The summed E-state index contributed by atoms with van der Waals surface area (Å²) in [5, 5.41) is 9.51. The largest absolute Gasteiger partial charge is 0.480 e. The molecule has 1 amide bonds. The summed E-state index contributed by atoms with van der Waals surface area (Å²) in [6.07, 6.45) is 0. The minimum absolute atomic E-state index is 0.207. The lowest BCUT2D eigenvalue weighted by Crippen LogP contribution is -2.41. The van der Waals surface area contributed by atoms with Gasteiger partial charge in [-0.1, -0.05) is 13.8 Å². The fourth-order valence-electron chi connectivity index (χ4n) is 0.909. The highest BCUT2D eigenvalue weighted by Crippen LogP contribution is 2.02. The molecule has 0 aromatic carbocycles. The van der Waals surface area contributed by atoms with Gasteiger partial charge in [-0.25, -0.2) is 8.42 Å². The van der Waals surface area contributed by atoms with E-state index in [1.165, 1.54) is 6.92 Å². The second kappa shape index (κ2) is 5.83. The lowest BCUT2D eigenvalue weighted by Gasteiger charge is -2.13. The van der Waals surface area contributed by atoms with Crippen LogP contribution < -0.4 is 5.32 Å². The lowest BCUT2D eigenvalue weighted by molar-refractivity contribution is -0.134. The Balaban J connectivity index is 4.48. The summed E-state index contributed by atoms with van der Waals surface area (Å²) in [7, 11) is -3.92. The molecule has 7 heteroatoms. The Morgan fingerprint density at radius 1 is 1.25 bits per heavy atom. The second-order valence-corrected chi connectivity index (χ2v) is 6.30. The van der Waals surface area contributed by atoms with E-state index in [-0.39, 0.29) is 5.92 Å². The Kier molecular flexibility index (Phi) is 5.43. The van der Waals surface area contributed by atoms with E-state index in [9.17, 15) is 18.0 Å². The summed E-state index contributed by atoms with van der Waals surface area (Å²) in [6.45, 7) is 5.30. The normalized spacial score (nSPS) is 13.5. The molecule has 0 aliphatic heterocycles. The van der Waals surface area contributed by atoms with Crippen molar-refractivity contribution in [1.82, 2.24) is 5.32 Å². The first-order valence-electron chi connectivity index (χ1n) is 4.88. The maximum absolute atomic E-state index is 11.4. The SMILES string of the molecule is CC(C)CNC(=O)C(C)S(=O)(=O)CC(=O)O. The lowest BCUT2D eigenvalue weighted by atomic mass is 10.2. The van der Waals surface area contributed by atoms with Crippen molar-refractivity contribution in [2.24, 2.45) is 5.92 Å². The molecule has 0 aromatic rings. The Morgan fingerprint density at radius 3 is 2.12 bits per heavy atom. The van der Waals surface area contributed by atoms with Gasteiger partial charge in [0.15, 0.2) is 9.84 Å².